The molecule has 6 heteroatoms. The molecule has 0 unspecified atom stereocenters. The van der Waals surface area contributed by atoms with E-state index in [0.717, 1.165) is 28.4 Å². The summed E-state index contributed by atoms with van der Waals surface area (Å²) in [6, 6.07) is 13.1. The second kappa shape index (κ2) is 7.31. The van der Waals surface area contributed by atoms with Gasteiger partial charge in [-0.2, -0.15) is 0 Å². The Morgan fingerprint density at radius 1 is 1.08 bits per heavy atom. The Morgan fingerprint density at radius 2 is 1.88 bits per heavy atom. The highest BCUT2D eigenvalue weighted by molar-refractivity contribution is 7.11. The lowest BCUT2D eigenvalue weighted by Gasteiger charge is -2.03. The summed E-state index contributed by atoms with van der Waals surface area (Å²) in [5, 5.41) is 3.42. The van der Waals surface area contributed by atoms with Crippen molar-refractivity contribution < 1.29 is 13.6 Å². The number of carbonyl (C=O) groups excluding carboxylic acids is 1. The van der Waals surface area contributed by atoms with Crippen LogP contribution in [0, 0.1) is 11.6 Å². The minimum atomic E-state index is -1.04. The highest BCUT2D eigenvalue weighted by Gasteiger charge is 2.10. The fourth-order valence-electron chi connectivity index (χ4n) is 2.20. The van der Waals surface area contributed by atoms with Gasteiger partial charge in [0.2, 0.25) is 0 Å². The highest BCUT2D eigenvalue weighted by atomic mass is 32.1. The third kappa shape index (κ3) is 4.02. The summed E-state index contributed by atoms with van der Waals surface area (Å²) >= 11 is 1.51. The first-order chi connectivity index (χ1) is 11.6. The second-order valence-electron chi connectivity index (χ2n) is 5.19. The number of nitrogens with zero attached hydrogens (tertiary/aromatic N) is 1. The number of hydrogen-bond acceptors (Lipinski definition) is 3. The molecule has 3 nitrogen and oxygen atoms in total. The van der Waals surface area contributed by atoms with Crippen LogP contribution in [-0.2, 0) is 13.0 Å². The zero-order chi connectivity index (χ0) is 16.9. The van der Waals surface area contributed by atoms with Crippen LogP contribution in [0.5, 0.6) is 0 Å². The van der Waals surface area contributed by atoms with Crippen LogP contribution in [0.4, 0.5) is 8.78 Å². The normalized spacial score (nSPS) is 10.6. The van der Waals surface area contributed by atoms with E-state index in [1.807, 2.05) is 30.3 Å². The van der Waals surface area contributed by atoms with Crippen molar-refractivity contribution in [2.24, 2.45) is 0 Å². The van der Waals surface area contributed by atoms with Crippen LogP contribution in [0.2, 0.25) is 0 Å². The Bertz CT molecular complexity index is 849. The molecule has 1 aromatic heterocycles. The molecule has 3 rings (SSSR count). The Hall–Kier alpha value is -2.60. The Labute approximate surface area is 142 Å². The van der Waals surface area contributed by atoms with E-state index in [0.29, 0.717) is 0 Å². The predicted octanol–water partition coefficient (Wildman–Crippen LogP) is 3.94. The molecule has 0 saturated carbocycles. The number of rotatable bonds is 5. The first kappa shape index (κ1) is 16.3. The highest BCUT2D eigenvalue weighted by Crippen LogP contribution is 2.17. The maximum absolute atomic E-state index is 13.1. The van der Waals surface area contributed by atoms with Crippen molar-refractivity contribution in [1.29, 1.82) is 0 Å². The van der Waals surface area contributed by atoms with Crippen molar-refractivity contribution in [1.82, 2.24) is 10.3 Å². The molecule has 24 heavy (non-hydrogen) atoms. The van der Waals surface area contributed by atoms with Crippen molar-refractivity contribution in [2.75, 3.05) is 0 Å². The van der Waals surface area contributed by atoms with Crippen LogP contribution in [0.25, 0.3) is 0 Å². The fraction of sp³-hybridized carbons (Fsp3) is 0.111. The van der Waals surface area contributed by atoms with E-state index in [1.54, 1.807) is 6.20 Å². The Morgan fingerprint density at radius 3 is 2.62 bits per heavy atom. The quantitative estimate of drug-likeness (QED) is 0.762. The van der Waals surface area contributed by atoms with Crippen molar-refractivity contribution in [3.63, 3.8) is 0 Å². The number of aromatic nitrogens is 1. The zero-order valence-corrected chi connectivity index (χ0v) is 13.4. The lowest BCUT2D eigenvalue weighted by atomic mass is 10.1. The number of halogens is 2. The van der Waals surface area contributed by atoms with E-state index in [2.05, 4.69) is 10.3 Å². The average Bonchev–Trinajstić information content (AvgIpc) is 3.03. The molecule has 122 valence electrons. The number of hydrogen-bond donors (Lipinski definition) is 1. The zero-order valence-electron chi connectivity index (χ0n) is 12.6. The average molecular weight is 344 g/mol. The van der Waals surface area contributed by atoms with Gasteiger partial charge in [0, 0.05) is 23.1 Å². The molecule has 0 bridgehead atoms. The smallest absolute Gasteiger partial charge is 0.251 e. The summed E-state index contributed by atoms with van der Waals surface area (Å²) < 4.78 is 26.0. The summed E-state index contributed by atoms with van der Waals surface area (Å²) in [7, 11) is 0. The van der Waals surface area contributed by atoms with Crippen LogP contribution in [0.1, 0.15) is 25.8 Å². The lowest BCUT2D eigenvalue weighted by Crippen LogP contribution is -2.22. The van der Waals surface area contributed by atoms with Gasteiger partial charge in [0.15, 0.2) is 11.6 Å². The van der Waals surface area contributed by atoms with Gasteiger partial charge in [0.05, 0.1) is 6.54 Å². The van der Waals surface area contributed by atoms with Crippen molar-refractivity contribution >= 4 is 17.2 Å². The van der Waals surface area contributed by atoms with Crippen molar-refractivity contribution in [3.05, 3.63) is 87.4 Å². The number of carbonyl (C=O) groups is 1. The Balaban J connectivity index is 1.59. The van der Waals surface area contributed by atoms with Crippen LogP contribution in [0.3, 0.4) is 0 Å². The van der Waals surface area contributed by atoms with Gasteiger partial charge in [-0.15, -0.1) is 11.3 Å². The van der Waals surface area contributed by atoms with Gasteiger partial charge >= 0.3 is 0 Å². The Kier molecular flexibility index (Phi) is 4.96. The molecule has 0 radical (unpaired) electrons. The van der Waals surface area contributed by atoms with Gasteiger partial charge in [-0.3, -0.25) is 4.79 Å². The number of amides is 1. The first-order valence-electron chi connectivity index (χ1n) is 7.32. The molecule has 1 amide bonds. The number of thiazole rings is 1. The van der Waals surface area contributed by atoms with Gasteiger partial charge in [0.25, 0.3) is 5.91 Å². The van der Waals surface area contributed by atoms with E-state index in [4.69, 9.17) is 0 Å². The molecular weight excluding hydrogens is 330 g/mol. The van der Waals surface area contributed by atoms with Crippen LogP contribution in [-0.4, -0.2) is 10.9 Å². The van der Waals surface area contributed by atoms with Gasteiger partial charge in [-0.25, -0.2) is 13.8 Å². The van der Waals surface area contributed by atoms with Crippen molar-refractivity contribution in [3.8, 4) is 0 Å². The van der Waals surface area contributed by atoms with E-state index >= 15 is 0 Å². The molecule has 0 aliphatic rings. The standard InChI is InChI=1S/C18H14F2N2OS/c19-15-7-6-13(9-16(15)20)18(23)22-11-17-21-10-14(24-17)8-12-4-2-1-3-5-12/h1-7,9-10H,8,11H2,(H,22,23). The predicted molar refractivity (Wildman–Crippen MR) is 88.9 cm³/mol. The monoisotopic (exact) mass is 344 g/mol. The van der Waals surface area contributed by atoms with Crippen LogP contribution < -0.4 is 5.32 Å². The topological polar surface area (TPSA) is 42.0 Å². The van der Waals surface area contributed by atoms with Gasteiger partial charge in [-0.1, -0.05) is 30.3 Å². The first-order valence-corrected chi connectivity index (χ1v) is 8.14. The van der Waals surface area contributed by atoms with Crippen LogP contribution in [0.15, 0.2) is 54.7 Å². The molecule has 0 aliphatic carbocycles. The molecule has 0 fully saturated rings. The SMILES string of the molecule is O=C(NCc1ncc(Cc2ccccc2)s1)c1ccc(F)c(F)c1. The lowest BCUT2D eigenvalue weighted by molar-refractivity contribution is 0.0950. The van der Waals surface area contributed by atoms with Crippen LogP contribution >= 0.6 is 11.3 Å². The summed E-state index contributed by atoms with van der Waals surface area (Å²) in [6.45, 7) is 0.247. The van der Waals surface area contributed by atoms with E-state index < -0.39 is 17.5 Å². The third-order valence-corrected chi connectivity index (χ3v) is 4.40. The molecule has 0 saturated heterocycles. The minimum absolute atomic E-state index is 0.0787. The molecule has 3 aromatic rings. The fourth-order valence-corrected chi connectivity index (χ4v) is 3.10. The maximum Gasteiger partial charge on any atom is 0.251 e. The van der Waals surface area contributed by atoms with E-state index in [-0.39, 0.29) is 12.1 Å². The summed E-state index contributed by atoms with van der Waals surface area (Å²) in [5.74, 6) is -2.48. The molecule has 2 aromatic carbocycles. The number of benzene rings is 2. The van der Waals surface area contributed by atoms with Gasteiger partial charge in [0.1, 0.15) is 5.01 Å². The molecular formula is C18H14F2N2OS. The molecule has 1 N–H and O–H groups in total. The molecule has 0 aliphatic heterocycles. The minimum Gasteiger partial charge on any atom is -0.346 e. The molecule has 0 spiro atoms. The summed E-state index contributed by atoms with van der Waals surface area (Å²) in [6.07, 6.45) is 2.58. The second-order valence-corrected chi connectivity index (χ2v) is 6.39. The summed E-state index contributed by atoms with van der Waals surface area (Å²) in [5.41, 5.74) is 1.27. The number of nitrogens with one attached hydrogen (secondary N) is 1. The molecule has 0 atom stereocenters. The van der Waals surface area contributed by atoms with Crippen molar-refractivity contribution in [2.45, 2.75) is 13.0 Å². The largest absolute Gasteiger partial charge is 0.346 e. The molecule has 1 heterocycles. The third-order valence-electron chi connectivity index (χ3n) is 3.40. The summed E-state index contributed by atoms with van der Waals surface area (Å²) in [4.78, 5) is 17.3. The van der Waals surface area contributed by atoms with E-state index in [1.165, 1.54) is 23.0 Å². The van der Waals surface area contributed by atoms with Gasteiger partial charge < -0.3 is 5.32 Å². The van der Waals surface area contributed by atoms with E-state index in [9.17, 15) is 13.6 Å². The van der Waals surface area contributed by atoms with Gasteiger partial charge in [-0.05, 0) is 23.8 Å². The maximum atomic E-state index is 13.1.